The van der Waals surface area contributed by atoms with E-state index in [4.69, 9.17) is 16.3 Å². The molecule has 1 fully saturated rings. The Kier molecular flexibility index (Phi) is 5.92. The first kappa shape index (κ1) is 20.3. The van der Waals surface area contributed by atoms with E-state index in [9.17, 15) is 13.2 Å². The number of rotatable bonds is 5. The number of benzene rings is 2. The minimum Gasteiger partial charge on any atom is -0.373 e. The molecule has 2 aromatic rings. The molecule has 0 spiro atoms. The topological polar surface area (TPSA) is 75.7 Å². The van der Waals surface area contributed by atoms with E-state index in [1.165, 1.54) is 22.0 Å². The molecule has 1 amide bonds. The molecule has 2 heterocycles. The molecule has 4 rings (SSSR count). The van der Waals surface area contributed by atoms with Crippen LogP contribution in [0.5, 0.6) is 0 Å². The Morgan fingerprint density at radius 1 is 1.17 bits per heavy atom. The van der Waals surface area contributed by atoms with Crippen molar-refractivity contribution >= 4 is 33.2 Å². The number of ether oxygens (including phenoxy) is 1. The Balaban J connectivity index is 1.50. The Hall–Kier alpha value is -1.93. The number of nitrogens with one attached hydrogen (secondary N) is 1. The van der Waals surface area contributed by atoms with Crippen LogP contribution in [0.2, 0.25) is 5.02 Å². The highest BCUT2D eigenvalue weighted by molar-refractivity contribution is 7.89. The second kappa shape index (κ2) is 8.44. The molecule has 8 heteroatoms. The molecule has 2 aliphatic rings. The summed E-state index contributed by atoms with van der Waals surface area (Å²) in [6.07, 6.45) is 2.38. The van der Waals surface area contributed by atoms with Gasteiger partial charge in [-0.05, 0) is 48.6 Å². The lowest BCUT2D eigenvalue weighted by Gasteiger charge is -2.25. The van der Waals surface area contributed by atoms with Crippen molar-refractivity contribution in [1.29, 1.82) is 0 Å². The van der Waals surface area contributed by atoms with Gasteiger partial charge in [-0.1, -0.05) is 35.9 Å². The maximum atomic E-state index is 12.9. The lowest BCUT2D eigenvalue weighted by Crippen LogP contribution is -2.28. The van der Waals surface area contributed by atoms with Crippen molar-refractivity contribution < 1.29 is 17.9 Å². The number of sulfonamides is 1. The third kappa shape index (κ3) is 4.33. The summed E-state index contributed by atoms with van der Waals surface area (Å²) in [4.78, 5) is 12.6. The highest BCUT2D eigenvalue weighted by atomic mass is 35.5. The fourth-order valence-electron chi connectivity index (χ4n) is 3.87. The lowest BCUT2D eigenvalue weighted by atomic mass is 9.95. The van der Waals surface area contributed by atoms with Crippen LogP contribution in [0.25, 0.3) is 0 Å². The Bertz CT molecular complexity index is 1020. The zero-order chi connectivity index (χ0) is 20.4. The van der Waals surface area contributed by atoms with Gasteiger partial charge >= 0.3 is 0 Å². The van der Waals surface area contributed by atoms with E-state index in [2.05, 4.69) is 11.4 Å². The van der Waals surface area contributed by atoms with Gasteiger partial charge in [-0.25, -0.2) is 8.42 Å². The number of hydrogen-bond donors (Lipinski definition) is 1. The molecule has 1 atom stereocenters. The molecule has 1 saturated heterocycles. The van der Waals surface area contributed by atoms with Gasteiger partial charge in [0.15, 0.2) is 0 Å². The highest BCUT2D eigenvalue weighted by Gasteiger charge is 2.29. The van der Waals surface area contributed by atoms with Gasteiger partial charge < -0.3 is 10.1 Å². The minimum absolute atomic E-state index is 0.0260. The van der Waals surface area contributed by atoms with Crippen LogP contribution in [0.1, 0.15) is 36.5 Å². The zero-order valence-electron chi connectivity index (χ0n) is 15.9. The van der Waals surface area contributed by atoms with Crippen molar-refractivity contribution in [1.82, 2.24) is 4.31 Å². The summed E-state index contributed by atoms with van der Waals surface area (Å²) in [5.74, 6) is -0.237. The first-order chi connectivity index (χ1) is 13.9. The normalized spacial score (nSPS) is 19.7. The standard InChI is InChI=1S/C21H23ClN2O4S/c22-18-8-7-16(13-20(18)29(26,27)24-10-3-4-11-24)23-21(25)14-19-17-6-2-1-5-15(17)9-12-28-19/h1-2,5-8,13,19H,3-4,9-12,14H2,(H,23,25). The van der Waals surface area contributed by atoms with Crippen molar-refractivity contribution in [3.8, 4) is 0 Å². The van der Waals surface area contributed by atoms with Crippen LogP contribution in [0.4, 0.5) is 5.69 Å². The van der Waals surface area contributed by atoms with Crippen molar-refractivity contribution in [2.75, 3.05) is 25.0 Å². The van der Waals surface area contributed by atoms with Gasteiger partial charge in [-0.15, -0.1) is 0 Å². The number of carbonyl (C=O) groups excluding carboxylic acids is 1. The van der Waals surface area contributed by atoms with E-state index >= 15 is 0 Å². The molecule has 0 saturated carbocycles. The molecule has 0 radical (unpaired) electrons. The summed E-state index contributed by atoms with van der Waals surface area (Å²) in [5, 5.41) is 2.94. The number of fused-ring (bicyclic) bond motifs is 1. The molecule has 2 aromatic carbocycles. The smallest absolute Gasteiger partial charge is 0.244 e. The second-order valence-electron chi connectivity index (χ2n) is 7.32. The molecule has 6 nitrogen and oxygen atoms in total. The first-order valence-corrected chi connectivity index (χ1v) is 11.6. The molecule has 154 valence electrons. The first-order valence-electron chi connectivity index (χ1n) is 9.74. The Morgan fingerprint density at radius 3 is 2.72 bits per heavy atom. The van der Waals surface area contributed by atoms with E-state index in [1.54, 1.807) is 6.07 Å². The number of amides is 1. The SMILES string of the molecule is O=C(CC1OCCc2ccccc21)Nc1ccc(Cl)c(S(=O)(=O)N2CCCC2)c1. The van der Waals surface area contributed by atoms with Crippen LogP contribution in [-0.2, 0) is 26.0 Å². The van der Waals surface area contributed by atoms with Gasteiger partial charge in [0.2, 0.25) is 15.9 Å². The highest BCUT2D eigenvalue weighted by Crippen LogP contribution is 2.32. The zero-order valence-corrected chi connectivity index (χ0v) is 17.5. The molecular formula is C21H23ClN2O4S. The summed E-state index contributed by atoms with van der Waals surface area (Å²) in [6.45, 7) is 1.56. The molecule has 0 aliphatic carbocycles. The van der Waals surface area contributed by atoms with E-state index in [0.717, 1.165) is 24.8 Å². The average Bonchev–Trinajstić information content (AvgIpc) is 3.25. The molecule has 1 unspecified atom stereocenters. The summed E-state index contributed by atoms with van der Waals surface area (Å²) < 4.78 is 32.9. The average molecular weight is 435 g/mol. The maximum absolute atomic E-state index is 12.9. The molecule has 29 heavy (non-hydrogen) atoms. The van der Waals surface area contributed by atoms with E-state index in [0.29, 0.717) is 25.4 Å². The van der Waals surface area contributed by atoms with Crippen LogP contribution in [-0.4, -0.2) is 38.3 Å². The molecule has 2 aliphatic heterocycles. The summed E-state index contributed by atoms with van der Waals surface area (Å²) in [7, 11) is -3.67. The predicted molar refractivity (Wildman–Crippen MR) is 112 cm³/mol. The molecular weight excluding hydrogens is 412 g/mol. The number of nitrogens with zero attached hydrogens (tertiary/aromatic N) is 1. The fourth-order valence-corrected chi connectivity index (χ4v) is 5.89. The molecule has 0 aromatic heterocycles. The lowest BCUT2D eigenvalue weighted by molar-refractivity contribution is -0.119. The third-order valence-electron chi connectivity index (χ3n) is 5.36. The van der Waals surface area contributed by atoms with E-state index in [-0.39, 0.29) is 28.4 Å². The minimum atomic E-state index is -3.67. The van der Waals surface area contributed by atoms with E-state index < -0.39 is 10.0 Å². The van der Waals surface area contributed by atoms with Gasteiger partial charge in [0.05, 0.1) is 24.2 Å². The number of halogens is 1. The van der Waals surface area contributed by atoms with Gasteiger partial charge in [-0.3, -0.25) is 4.79 Å². The summed E-state index contributed by atoms with van der Waals surface area (Å²) >= 11 is 6.17. The Labute approximate surface area is 175 Å². The number of hydrogen-bond acceptors (Lipinski definition) is 4. The van der Waals surface area contributed by atoms with E-state index in [1.807, 2.05) is 18.2 Å². The maximum Gasteiger partial charge on any atom is 0.244 e. The van der Waals surface area contributed by atoms with Gasteiger partial charge in [0.1, 0.15) is 4.90 Å². The predicted octanol–water partition coefficient (Wildman–Crippen LogP) is 3.77. The van der Waals surface area contributed by atoms with Crippen molar-refractivity contribution in [2.24, 2.45) is 0 Å². The van der Waals surface area contributed by atoms with Crippen LogP contribution >= 0.6 is 11.6 Å². The van der Waals surface area contributed by atoms with Crippen LogP contribution in [0.15, 0.2) is 47.4 Å². The van der Waals surface area contributed by atoms with Crippen LogP contribution < -0.4 is 5.32 Å². The summed E-state index contributed by atoms with van der Waals surface area (Å²) in [6, 6.07) is 12.5. The molecule has 1 N–H and O–H groups in total. The molecule has 0 bridgehead atoms. The van der Waals surface area contributed by atoms with Crippen molar-refractivity contribution in [2.45, 2.75) is 36.7 Å². The van der Waals surface area contributed by atoms with Gasteiger partial charge in [0.25, 0.3) is 0 Å². The quantitative estimate of drug-likeness (QED) is 0.777. The Morgan fingerprint density at radius 2 is 1.93 bits per heavy atom. The third-order valence-corrected chi connectivity index (χ3v) is 7.74. The van der Waals surface area contributed by atoms with Gasteiger partial charge in [-0.2, -0.15) is 4.31 Å². The van der Waals surface area contributed by atoms with Crippen LogP contribution in [0, 0.1) is 0 Å². The van der Waals surface area contributed by atoms with Crippen molar-refractivity contribution in [3.63, 3.8) is 0 Å². The van der Waals surface area contributed by atoms with Gasteiger partial charge in [0, 0.05) is 18.8 Å². The monoisotopic (exact) mass is 434 g/mol. The number of anilines is 1. The summed E-state index contributed by atoms with van der Waals surface area (Å²) in [5.41, 5.74) is 2.63. The van der Waals surface area contributed by atoms with Crippen molar-refractivity contribution in [3.05, 3.63) is 58.6 Å². The van der Waals surface area contributed by atoms with Crippen LogP contribution in [0.3, 0.4) is 0 Å². The second-order valence-corrected chi connectivity index (χ2v) is 9.63. The fraction of sp³-hybridized carbons (Fsp3) is 0.381. The largest absolute Gasteiger partial charge is 0.373 e. The number of carbonyl (C=O) groups is 1.